The van der Waals surface area contributed by atoms with Crippen molar-refractivity contribution in [3.8, 4) is 0 Å². The Kier molecular flexibility index (Phi) is 7.25. The monoisotopic (exact) mass is 520 g/mol. The van der Waals surface area contributed by atoms with Crippen LogP contribution in [0.3, 0.4) is 0 Å². The minimum atomic E-state index is -1.11. The van der Waals surface area contributed by atoms with Crippen LogP contribution in [0.5, 0.6) is 0 Å². The van der Waals surface area contributed by atoms with E-state index in [-0.39, 0.29) is 17.3 Å². The number of aromatic nitrogens is 2. The summed E-state index contributed by atoms with van der Waals surface area (Å²) in [5.74, 6) is 0.695. The summed E-state index contributed by atoms with van der Waals surface area (Å²) in [5.41, 5.74) is 1.99. The molecule has 1 aromatic heterocycles. The molecule has 204 valence electrons. The Labute approximate surface area is 224 Å². The number of aliphatic carboxylic acids is 1. The van der Waals surface area contributed by atoms with Crippen LogP contribution in [0.15, 0.2) is 34.2 Å². The summed E-state index contributed by atoms with van der Waals surface area (Å²) in [5, 5.41) is 12.8. The first-order valence-corrected chi connectivity index (χ1v) is 14.7. The second-order valence-corrected chi connectivity index (χ2v) is 12.2. The number of hydrogen-bond acceptors (Lipinski definition) is 6. The molecule has 38 heavy (non-hydrogen) atoms. The Morgan fingerprint density at radius 2 is 1.63 bits per heavy atom. The van der Waals surface area contributed by atoms with Gasteiger partial charge in [0.2, 0.25) is 6.61 Å². The van der Waals surface area contributed by atoms with Gasteiger partial charge in [-0.15, -0.1) is 0 Å². The molecule has 4 bridgehead atoms. The molecule has 2 saturated carbocycles. The predicted molar refractivity (Wildman–Crippen MR) is 146 cm³/mol. The van der Waals surface area contributed by atoms with E-state index in [9.17, 15) is 9.59 Å². The number of piperidine rings is 2. The lowest BCUT2D eigenvalue weighted by Gasteiger charge is -2.54. The van der Waals surface area contributed by atoms with Crippen molar-refractivity contribution in [1.29, 1.82) is 0 Å². The number of benzene rings is 1. The van der Waals surface area contributed by atoms with Crippen molar-refractivity contribution >= 4 is 22.7 Å². The first kappa shape index (κ1) is 25.5. The van der Waals surface area contributed by atoms with Crippen molar-refractivity contribution in [2.24, 2.45) is 17.0 Å². The van der Waals surface area contributed by atoms with Crippen molar-refractivity contribution in [3.63, 3.8) is 0 Å². The summed E-state index contributed by atoms with van der Waals surface area (Å²) in [6, 6.07) is 9.68. The maximum atomic E-state index is 13.9. The van der Waals surface area contributed by atoms with Gasteiger partial charge < -0.3 is 14.5 Å². The summed E-state index contributed by atoms with van der Waals surface area (Å²) < 4.78 is 1.97. The normalized spacial score (nSPS) is 32.1. The second-order valence-electron chi connectivity index (χ2n) is 12.2. The SMILES string of the molecule is C/C(=N\OCC(=O)O)c1nc2ccccc2n(C2C[C@H]3CCC[C@@H](C2)N3C2CC3CCCCC(C3)C2)c1=O. The molecule has 3 heterocycles. The zero-order chi connectivity index (χ0) is 26.2. The molecule has 2 aliphatic carbocycles. The fourth-order valence-electron chi connectivity index (χ4n) is 8.29. The fourth-order valence-corrected chi connectivity index (χ4v) is 8.29. The minimum Gasteiger partial charge on any atom is -0.479 e. The van der Waals surface area contributed by atoms with Crippen LogP contribution < -0.4 is 5.56 Å². The molecule has 8 nitrogen and oxygen atoms in total. The third kappa shape index (κ3) is 4.99. The molecular weight excluding hydrogens is 480 g/mol. The van der Waals surface area contributed by atoms with E-state index < -0.39 is 12.6 Å². The van der Waals surface area contributed by atoms with Crippen LogP contribution >= 0.6 is 0 Å². The number of carbonyl (C=O) groups is 1. The molecule has 3 unspecified atom stereocenters. The van der Waals surface area contributed by atoms with Crippen molar-refractivity contribution in [1.82, 2.24) is 14.5 Å². The van der Waals surface area contributed by atoms with Gasteiger partial charge in [-0.05, 0) is 75.8 Å². The third-order valence-corrected chi connectivity index (χ3v) is 9.67. The third-order valence-electron chi connectivity index (χ3n) is 9.67. The lowest BCUT2D eigenvalue weighted by atomic mass is 9.73. The van der Waals surface area contributed by atoms with Gasteiger partial charge in [0.1, 0.15) is 5.71 Å². The van der Waals surface area contributed by atoms with Gasteiger partial charge in [-0.3, -0.25) is 9.69 Å². The quantitative estimate of drug-likeness (QED) is 0.419. The minimum absolute atomic E-state index is 0.110. The summed E-state index contributed by atoms with van der Waals surface area (Å²) in [7, 11) is 0. The first-order chi connectivity index (χ1) is 18.5. The largest absolute Gasteiger partial charge is 0.479 e. The number of para-hydroxylation sites is 2. The molecule has 4 aliphatic rings. The smallest absolute Gasteiger partial charge is 0.344 e. The Bertz CT molecular complexity index is 1240. The van der Waals surface area contributed by atoms with Crippen LogP contribution in [0.25, 0.3) is 11.0 Å². The van der Waals surface area contributed by atoms with E-state index in [1.165, 1.54) is 64.2 Å². The van der Waals surface area contributed by atoms with Gasteiger partial charge in [-0.1, -0.05) is 49.4 Å². The summed E-state index contributed by atoms with van der Waals surface area (Å²) in [6.07, 6.45) is 15.5. The summed E-state index contributed by atoms with van der Waals surface area (Å²) >= 11 is 0. The number of carboxylic acid groups (broad SMARTS) is 1. The fraction of sp³-hybridized carbons (Fsp3) is 0.667. The van der Waals surface area contributed by atoms with E-state index in [1.54, 1.807) is 6.92 Å². The Balaban J connectivity index is 1.31. The van der Waals surface area contributed by atoms with E-state index in [0.717, 1.165) is 35.7 Å². The number of hydrogen-bond donors (Lipinski definition) is 1. The number of fused-ring (bicyclic) bond motifs is 5. The molecule has 8 heteroatoms. The molecule has 1 aromatic carbocycles. The molecule has 2 saturated heterocycles. The van der Waals surface area contributed by atoms with Crippen molar-refractivity contribution in [2.45, 2.75) is 108 Å². The van der Waals surface area contributed by atoms with Crippen LogP contribution in [0.1, 0.15) is 95.7 Å². The molecule has 0 amide bonds. The first-order valence-electron chi connectivity index (χ1n) is 14.7. The molecule has 5 atom stereocenters. The van der Waals surface area contributed by atoms with Gasteiger partial charge in [0.05, 0.1) is 11.0 Å². The van der Waals surface area contributed by atoms with Crippen LogP contribution in [0, 0.1) is 11.8 Å². The van der Waals surface area contributed by atoms with Crippen molar-refractivity contribution in [3.05, 3.63) is 40.3 Å². The second kappa shape index (κ2) is 10.8. The van der Waals surface area contributed by atoms with E-state index in [1.807, 2.05) is 28.8 Å². The highest BCUT2D eigenvalue weighted by Crippen LogP contribution is 2.46. The number of nitrogens with zero attached hydrogens (tertiary/aromatic N) is 4. The summed E-state index contributed by atoms with van der Waals surface area (Å²) in [4.78, 5) is 37.3. The van der Waals surface area contributed by atoms with Gasteiger partial charge in [0, 0.05) is 24.2 Å². The van der Waals surface area contributed by atoms with Crippen LogP contribution in [0.2, 0.25) is 0 Å². The maximum absolute atomic E-state index is 13.9. The topological polar surface area (TPSA) is 97.0 Å². The van der Waals surface area contributed by atoms with Gasteiger partial charge in [-0.2, -0.15) is 0 Å². The highest BCUT2D eigenvalue weighted by molar-refractivity contribution is 5.97. The van der Waals surface area contributed by atoms with Gasteiger partial charge >= 0.3 is 5.97 Å². The molecular formula is C30H40N4O4. The van der Waals surface area contributed by atoms with Crippen LogP contribution in [-0.2, 0) is 9.63 Å². The lowest BCUT2D eigenvalue weighted by molar-refractivity contribution is -0.142. The Morgan fingerprint density at radius 1 is 0.947 bits per heavy atom. The average molecular weight is 521 g/mol. The van der Waals surface area contributed by atoms with Gasteiger partial charge in [0.25, 0.3) is 5.56 Å². The molecule has 2 aromatic rings. The van der Waals surface area contributed by atoms with Gasteiger partial charge in [0.15, 0.2) is 5.69 Å². The number of rotatable bonds is 6. The number of oxime groups is 1. The molecule has 4 fully saturated rings. The van der Waals surface area contributed by atoms with Gasteiger partial charge in [-0.25, -0.2) is 9.78 Å². The molecule has 0 spiro atoms. The number of carboxylic acids is 1. The highest BCUT2D eigenvalue weighted by Gasteiger charge is 2.45. The Morgan fingerprint density at radius 3 is 2.32 bits per heavy atom. The van der Waals surface area contributed by atoms with Crippen molar-refractivity contribution < 1.29 is 14.7 Å². The zero-order valence-corrected chi connectivity index (χ0v) is 22.4. The zero-order valence-electron chi connectivity index (χ0n) is 22.4. The standard InChI is InChI=1S/C30H40N4O4/c1-19(32-38-18-28(35)36)29-30(37)34(27-12-5-4-11-26(27)31-29)25-16-22-9-6-10-23(17-25)33(22)24-14-20-7-2-3-8-21(13-20)15-24/h4-5,11-12,20-25H,2-3,6-10,13-18H2,1H3,(H,35,36)/b32-19+/t20?,21?,22-,23+,24?,25?. The molecule has 2 aliphatic heterocycles. The molecule has 6 rings (SSSR count). The molecule has 0 radical (unpaired) electrons. The van der Waals surface area contributed by atoms with Crippen LogP contribution in [0.4, 0.5) is 0 Å². The van der Waals surface area contributed by atoms with Crippen molar-refractivity contribution in [2.75, 3.05) is 6.61 Å². The predicted octanol–water partition coefficient (Wildman–Crippen LogP) is 5.14. The van der Waals surface area contributed by atoms with E-state index in [2.05, 4.69) is 15.0 Å². The maximum Gasteiger partial charge on any atom is 0.344 e. The lowest BCUT2D eigenvalue weighted by Crippen LogP contribution is -2.58. The van der Waals surface area contributed by atoms with E-state index in [0.29, 0.717) is 23.8 Å². The summed E-state index contributed by atoms with van der Waals surface area (Å²) in [6.45, 7) is 1.11. The molecule has 1 N–H and O–H groups in total. The van der Waals surface area contributed by atoms with Crippen LogP contribution in [-0.4, -0.2) is 56.0 Å². The average Bonchev–Trinajstić information content (AvgIpc) is 3.06. The van der Waals surface area contributed by atoms with E-state index in [4.69, 9.17) is 9.94 Å². The highest BCUT2D eigenvalue weighted by atomic mass is 16.6. The van der Waals surface area contributed by atoms with E-state index >= 15 is 0 Å². The Hall–Kier alpha value is -2.74.